The van der Waals surface area contributed by atoms with Crippen LogP contribution in [0.1, 0.15) is 0 Å². The molecule has 6 heteroatoms. The van der Waals surface area contributed by atoms with Gasteiger partial charge in [0.2, 0.25) is 0 Å². The first-order chi connectivity index (χ1) is 16.7. The van der Waals surface area contributed by atoms with Crippen molar-refractivity contribution in [1.82, 2.24) is 4.98 Å². The Morgan fingerprint density at radius 1 is 0.706 bits per heavy atom. The molecule has 0 unspecified atom stereocenters. The Morgan fingerprint density at radius 2 is 1.47 bits per heavy atom. The van der Waals surface area contributed by atoms with E-state index in [1.165, 1.54) is 41.1 Å². The zero-order chi connectivity index (χ0) is 23.1. The van der Waals surface area contributed by atoms with E-state index in [0.717, 1.165) is 5.56 Å². The number of fused-ring (bicyclic) bond motifs is 6. The first-order valence-electron chi connectivity index (χ1n) is 10.8. The van der Waals surface area contributed by atoms with Gasteiger partial charge in [-0.25, -0.2) is 0 Å². The minimum atomic E-state index is -0.331. The summed E-state index contributed by atoms with van der Waals surface area (Å²) in [4.78, 5) is 18.7. The summed E-state index contributed by atoms with van der Waals surface area (Å²) in [6.07, 6.45) is 0. The predicted molar refractivity (Wildman–Crippen MR) is 143 cm³/mol. The summed E-state index contributed by atoms with van der Waals surface area (Å²) in [5.74, 6) is 0. The summed E-state index contributed by atoms with van der Waals surface area (Å²) in [7, 11) is 0. The third kappa shape index (κ3) is 3.71. The van der Waals surface area contributed by atoms with Crippen molar-refractivity contribution in [1.29, 1.82) is 0 Å². The van der Waals surface area contributed by atoms with Gasteiger partial charge in [0.15, 0.2) is 0 Å². The Morgan fingerprint density at radius 3 is 2.38 bits per heavy atom. The zero-order valence-corrected chi connectivity index (χ0v) is 21.3. The van der Waals surface area contributed by atoms with Crippen LogP contribution >= 0.6 is 0 Å². The van der Waals surface area contributed by atoms with Crippen molar-refractivity contribution in [2.45, 2.75) is 0 Å². The van der Waals surface area contributed by atoms with E-state index < -0.39 is 0 Å². The van der Waals surface area contributed by atoms with Gasteiger partial charge in [-0.05, 0) is 0 Å². The molecule has 3 aromatic heterocycles. The summed E-state index contributed by atoms with van der Waals surface area (Å²) in [5.41, 5.74) is 4.28. The van der Waals surface area contributed by atoms with Gasteiger partial charge in [0.1, 0.15) is 0 Å². The van der Waals surface area contributed by atoms with Crippen molar-refractivity contribution in [2.75, 3.05) is 0 Å². The molecular formula is C28H18N2O2Se2. The van der Waals surface area contributed by atoms with Crippen LogP contribution in [-0.2, 0) is 0 Å². The number of nitrogens with one attached hydrogen (secondary N) is 1. The van der Waals surface area contributed by atoms with Crippen LogP contribution in [0, 0.1) is 10.1 Å². The summed E-state index contributed by atoms with van der Waals surface area (Å²) in [6.45, 7) is 0. The second kappa shape index (κ2) is 8.75. The van der Waals surface area contributed by atoms with Crippen molar-refractivity contribution in [3.63, 3.8) is 0 Å². The third-order valence-electron chi connectivity index (χ3n) is 5.98. The first kappa shape index (κ1) is 21.2. The van der Waals surface area contributed by atoms with Crippen LogP contribution in [0.15, 0.2) is 101 Å². The topological polar surface area (TPSA) is 58.9 Å². The molecule has 7 rings (SSSR count). The number of nitro groups is 1. The summed E-state index contributed by atoms with van der Waals surface area (Å²) >= 11 is 0.942. The van der Waals surface area contributed by atoms with Gasteiger partial charge < -0.3 is 0 Å². The molecule has 0 bridgehead atoms. The van der Waals surface area contributed by atoms with Gasteiger partial charge in [-0.2, -0.15) is 0 Å². The fraction of sp³-hybridized carbons (Fsp3) is 0. The van der Waals surface area contributed by atoms with Gasteiger partial charge in [-0.15, -0.1) is 0 Å². The van der Waals surface area contributed by atoms with Crippen molar-refractivity contribution in [3.8, 4) is 11.1 Å². The molecule has 34 heavy (non-hydrogen) atoms. The van der Waals surface area contributed by atoms with Gasteiger partial charge >= 0.3 is 208 Å². The van der Waals surface area contributed by atoms with E-state index in [9.17, 15) is 10.1 Å². The van der Waals surface area contributed by atoms with Crippen molar-refractivity contribution in [3.05, 3.63) is 111 Å². The molecule has 0 aliphatic carbocycles. The maximum atomic E-state index is 11.0. The van der Waals surface area contributed by atoms with Gasteiger partial charge in [0.05, 0.1) is 0 Å². The molecule has 1 N–H and O–H groups in total. The molecule has 164 valence electrons. The number of nitro benzene ring substituents is 1. The molecule has 0 amide bonds. The molecule has 7 aromatic rings. The number of aromatic amines is 1. The molecular weight excluding hydrogens is 554 g/mol. The number of para-hydroxylation sites is 2. The number of hydrogen-bond donors (Lipinski definition) is 1. The summed E-state index contributed by atoms with van der Waals surface area (Å²) < 4.78 is 2.83. The zero-order valence-electron chi connectivity index (χ0n) is 17.9. The average molecular weight is 572 g/mol. The maximum absolute atomic E-state index is 11.0. The van der Waals surface area contributed by atoms with Crippen LogP contribution in [-0.4, -0.2) is 38.9 Å². The summed E-state index contributed by atoms with van der Waals surface area (Å²) in [5, 5.41) is 16.3. The molecule has 3 heterocycles. The van der Waals surface area contributed by atoms with Crippen molar-refractivity contribution >= 4 is 75.8 Å². The Balaban J connectivity index is 0.000000128. The van der Waals surface area contributed by atoms with E-state index >= 15 is 0 Å². The molecule has 0 atom stereocenters. The summed E-state index contributed by atoms with van der Waals surface area (Å²) in [6, 6.07) is 30.3. The van der Waals surface area contributed by atoms with E-state index in [0.29, 0.717) is 34.6 Å². The Bertz CT molecular complexity index is 1810. The number of nitrogens with zero attached hydrogens (tertiary/aromatic N) is 1. The van der Waals surface area contributed by atoms with Crippen molar-refractivity contribution < 1.29 is 4.92 Å². The van der Waals surface area contributed by atoms with Gasteiger partial charge in [-0.3, -0.25) is 0 Å². The molecule has 0 aliphatic rings. The predicted octanol–water partition coefficient (Wildman–Crippen LogP) is 7.00. The van der Waals surface area contributed by atoms with Crippen LogP contribution in [0.5, 0.6) is 0 Å². The number of aromatic nitrogens is 1. The molecule has 0 saturated heterocycles. The van der Waals surface area contributed by atoms with Gasteiger partial charge in [0.25, 0.3) is 0 Å². The molecule has 0 aliphatic heterocycles. The normalized spacial score (nSPS) is 11.2. The minimum absolute atomic E-state index is 0.157. The van der Waals surface area contributed by atoms with E-state index in [1.807, 2.05) is 18.2 Å². The fourth-order valence-corrected chi connectivity index (χ4v) is 7.66. The molecule has 4 aromatic carbocycles. The van der Waals surface area contributed by atoms with E-state index in [2.05, 4.69) is 69.5 Å². The third-order valence-corrected chi connectivity index (χ3v) is 9.71. The average Bonchev–Trinajstić information content (AvgIpc) is 3.61. The van der Waals surface area contributed by atoms with Gasteiger partial charge in [0, 0.05) is 0 Å². The Labute approximate surface area is 207 Å². The second-order valence-electron chi connectivity index (χ2n) is 7.94. The molecule has 0 saturated carbocycles. The van der Waals surface area contributed by atoms with E-state index in [1.54, 1.807) is 18.2 Å². The quantitative estimate of drug-likeness (QED) is 0.138. The SMILES string of the molecule is O=[N+]([O-])c1ccccc1-c1ccc2[se]ccc2c1.c1ccc2c(c1)[nH]c1c3cc[se]c3ccc21. The van der Waals surface area contributed by atoms with Crippen LogP contribution in [0.2, 0.25) is 0 Å². The first-order valence-corrected chi connectivity index (χ1v) is 14.5. The van der Waals surface area contributed by atoms with Gasteiger partial charge in [-0.1, -0.05) is 0 Å². The molecule has 0 fully saturated rings. The van der Waals surface area contributed by atoms with Crippen LogP contribution < -0.4 is 0 Å². The fourth-order valence-electron chi connectivity index (χ4n) is 4.38. The Kier molecular flexibility index (Phi) is 5.44. The molecule has 4 nitrogen and oxygen atoms in total. The number of H-pyrrole nitrogens is 1. The van der Waals surface area contributed by atoms with E-state index in [4.69, 9.17) is 0 Å². The molecule has 0 radical (unpaired) electrons. The van der Waals surface area contributed by atoms with Crippen LogP contribution in [0.4, 0.5) is 5.69 Å². The van der Waals surface area contributed by atoms with E-state index in [-0.39, 0.29) is 10.6 Å². The monoisotopic (exact) mass is 574 g/mol. The van der Waals surface area contributed by atoms with Crippen molar-refractivity contribution in [2.24, 2.45) is 0 Å². The number of benzene rings is 4. The molecule has 0 spiro atoms. The number of hydrogen-bond acceptors (Lipinski definition) is 2. The Hall–Kier alpha value is -3.40. The van der Waals surface area contributed by atoms with Crippen LogP contribution in [0.3, 0.4) is 0 Å². The second-order valence-corrected chi connectivity index (χ2v) is 11.9. The number of rotatable bonds is 2. The standard InChI is InChI=1S/C14H9NO2Se.C14H9NSe/c16-15(17)13-4-2-1-3-12(13)10-5-6-14-11(9-10)7-8-18-14;1-2-4-12-9(3-1)10-5-6-13-11(7-8-16-13)14(10)15-12/h1-9H;1-8,15H. The van der Waals surface area contributed by atoms with Crippen LogP contribution in [0.25, 0.3) is 52.2 Å².